The van der Waals surface area contributed by atoms with Gasteiger partial charge in [0.25, 0.3) is 0 Å². The van der Waals surface area contributed by atoms with Crippen LogP contribution in [-0.2, 0) is 5.75 Å². The van der Waals surface area contributed by atoms with Crippen molar-refractivity contribution in [1.29, 1.82) is 0 Å². The lowest BCUT2D eigenvalue weighted by molar-refractivity contribution is 0.862. The summed E-state index contributed by atoms with van der Waals surface area (Å²) in [4.78, 5) is 9.26. The van der Waals surface area contributed by atoms with E-state index in [-0.39, 0.29) is 0 Å². The second kappa shape index (κ2) is 6.03. The van der Waals surface area contributed by atoms with Crippen molar-refractivity contribution in [3.05, 3.63) is 46.8 Å². The van der Waals surface area contributed by atoms with Gasteiger partial charge in [-0.2, -0.15) is 0 Å². The molecule has 1 aliphatic rings. The van der Waals surface area contributed by atoms with E-state index in [4.69, 9.17) is 10.8 Å². The molecule has 0 bridgehead atoms. The molecular weight excluding hydrogens is 280 g/mol. The Hall–Kier alpha value is -1.59. The number of nitrogens with two attached hydrogens (primary N) is 1. The average molecular weight is 300 g/mol. The second-order valence-corrected chi connectivity index (χ2v) is 6.52. The van der Waals surface area contributed by atoms with Crippen molar-refractivity contribution in [1.82, 2.24) is 9.97 Å². The van der Waals surface area contributed by atoms with Crippen LogP contribution in [0, 0.1) is 13.8 Å². The van der Waals surface area contributed by atoms with Crippen LogP contribution in [0.1, 0.15) is 41.3 Å². The summed E-state index contributed by atoms with van der Waals surface area (Å²) in [5.41, 5.74) is 6.33. The Kier molecular flexibility index (Phi) is 4.12. The fraction of sp³-hybridized carbons (Fsp3) is 0.375. The molecule has 1 aromatic heterocycles. The van der Waals surface area contributed by atoms with Gasteiger partial charge >= 0.3 is 0 Å². The SMILES string of the molecule is Cc1cccc(CSc2nc(C3CC3)nc(NN)c2C)c1. The first kappa shape index (κ1) is 14.4. The number of hydrogen-bond donors (Lipinski definition) is 2. The highest BCUT2D eigenvalue weighted by Crippen LogP contribution is 2.40. The van der Waals surface area contributed by atoms with Crippen LogP contribution in [-0.4, -0.2) is 9.97 Å². The predicted octanol–water partition coefficient (Wildman–Crippen LogP) is 3.55. The number of thioether (sulfide) groups is 1. The number of aromatic nitrogens is 2. The monoisotopic (exact) mass is 300 g/mol. The van der Waals surface area contributed by atoms with Crippen LogP contribution in [0.2, 0.25) is 0 Å². The fourth-order valence-electron chi connectivity index (χ4n) is 2.27. The normalized spacial score (nSPS) is 14.2. The minimum Gasteiger partial charge on any atom is -0.308 e. The number of aryl methyl sites for hydroxylation is 1. The number of anilines is 1. The van der Waals surface area contributed by atoms with Gasteiger partial charge in [0.05, 0.1) is 0 Å². The summed E-state index contributed by atoms with van der Waals surface area (Å²) in [6.07, 6.45) is 2.38. The molecule has 110 valence electrons. The van der Waals surface area contributed by atoms with Crippen LogP contribution in [0.4, 0.5) is 5.82 Å². The molecule has 2 aromatic rings. The van der Waals surface area contributed by atoms with Crippen LogP contribution >= 0.6 is 11.8 Å². The number of rotatable bonds is 5. The van der Waals surface area contributed by atoms with Gasteiger partial charge in [-0.3, -0.25) is 0 Å². The van der Waals surface area contributed by atoms with Crippen LogP contribution in [0.15, 0.2) is 29.3 Å². The molecule has 4 nitrogen and oxygen atoms in total. The standard InChI is InChI=1S/C16H20N4S/c1-10-4-3-5-12(8-10)9-21-16-11(2)14(20-17)18-15(19-16)13-6-7-13/h3-5,8,13H,6-7,9,17H2,1-2H3,(H,18,19,20). The molecule has 0 spiro atoms. The fourth-order valence-corrected chi connectivity index (χ4v) is 3.23. The van der Waals surface area contributed by atoms with E-state index in [1.807, 2.05) is 6.92 Å². The van der Waals surface area contributed by atoms with Crippen molar-refractivity contribution in [3.8, 4) is 0 Å². The summed E-state index contributed by atoms with van der Waals surface area (Å²) < 4.78 is 0. The number of nitrogens with one attached hydrogen (secondary N) is 1. The van der Waals surface area contributed by atoms with Gasteiger partial charge in [0.1, 0.15) is 16.7 Å². The van der Waals surface area contributed by atoms with E-state index in [9.17, 15) is 0 Å². The maximum Gasteiger partial charge on any atom is 0.147 e. The third-order valence-electron chi connectivity index (χ3n) is 3.66. The van der Waals surface area contributed by atoms with Crippen molar-refractivity contribution in [2.75, 3.05) is 5.43 Å². The molecule has 0 saturated heterocycles. The zero-order valence-corrected chi connectivity index (χ0v) is 13.2. The van der Waals surface area contributed by atoms with Crippen molar-refractivity contribution < 1.29 is 0 Å². The molecule has 1 fully saturated rings. The van der Waals surface area contributed by atoms with Crippen LogP contribution in [0.5, 0.6) is 0 Å². The maximum atomic E-state index is 5.59. The number of hydrazine groups is 1. The van der Waals surface area contributed by atoms with Gasteiger partial charge < -0.3 is 5.43 Å². The predicted molar refractivity (Wildman–Crippen MR) is 87.3 cm³/mol. The third kappa shape index (κ3) is 3.36. The Morgan fingerprint density at radius 2 is 2.10 bits per heavy atom. The summed E-state index contributed by atoms with van der Waals surface area (Å²) in [5, 5.41) is 1.03. The van der Waals surface area contributed by atoms with Crippen LogP contribution in [0.25, 0.3) is 0 Å². The first-order chi connectivity index (χ1) is 10.2. The number of hydrogen-bond acceptors (Lipinski definition) is 5. The lowest BCUT2D eigenvalue weighted by Gasteiger charge is -2.11. The highest BCUT2D eigenvalue weighted by molar-refractivity contribution is 7.98. The molecular formula is C16H20N4S. The summed E-state index contributed by atoms with van der Waals surface area (Å²) in [5.74, 6) is 8.70. The van der Waals surface area contributed by atoms with E-state index >= 15 is 0 Å². The Bertz CT molecular complexity index is 653. The lowest BCUT2D eigenvalue weighted by Crippen LogP contribution is -2.13. The summed E-state index contributed by atoms with van der Waals surface area (Å²) in [7, 11) is 0. The Morgan fingerprint density at radius 3 is 2.76 bits per heavy atom. The zero-order valence-electron chi connectivity index (χ0n) is 12.4. The zero-order chi connectivity index (χ0) is 14.8. The van der Waals surface area contributed by atoms with Gasteiger partial charge in [0.2, 0.25) is 0 Å². The molecule has 5 heteroatoms. The summed E-state index contributed by atoms with van der Waals surface area (Å²) in [6, 6.07) is 8.58. The van der Waals surface area contributed by atoms with E-state index in [0.29, 0.717) is 5.92 Å². The minimum absolute atomic E-state index is 0.524. The van der Waals surface area contributed by atoms with Gasteiger partial charge in [0.15, 0.2) is 0 Å². The Balaban J connectivity index is 1.82. The van der Waals surface area contributed by atoms with E-state index in [1.165, 1.54) is 24.0 Å². The smallest absolute Gasteiger partial charge is 0.147 e. The molecule has 0 radical (unpaired) electrons. The molecule has 1 heterocycles. The van der Waals surface area contributed by atoms with Crippen molar-refractivity contribution in [2.24, 2.45) is 5.84 Å². The molecule has 21 heavy (non-hydrogen) atoms. The van der Waals surface area contributed by atoms with Crippen LogP contribution < -0.4 is 11.3 Å². The van der Waals surface area contributed by atoms with Gasteiger partial charge in [-0.25, -0.2) is 15.8 Å². The summed E-state index contributed by atoms with van der Waals surface area (Å²) >= 11 is 1.75. The van der Waals surface area contributed by atoms with Crippen molar-refractivity contribution in [2.45, 2.75) is 43.4 Å². The molecule has 3 rings (SSSR count). The minimum atomic E-state index is 0.524. The molecule has 3 N–H and O–H groups in total. The maximum absolute atomic E-state index is 5.59. The molecule has 0 amide bonds. The summed E-state index contributed by atoms with van der Waals surface area (Å²) in [6.45, 7) is 4.14. The van der Waals surface area contributed by atoms with Gasteiger partial charge in [-0.05, 0) is 32.3 Å². The highest BCUT2D eigenvalue weighted by Gasteiger charge is 2.28. The number of nitrogens with zero attached hydrogens (tertiary/aromatic N) is 2. The third-order valence-corrected chi connectivity index (χ3v) is 4.80. The van der Waals surface area contributed by atoms with E-state index in [1.54, 1.807) is 11.8 Å². The van der Waals surface area contributed by atoms with Crippen molar-refractivity contribution >= 4 is 17.6 Å². The largest absolute Gasteiger partial charge is 0.308 e. The molecule has 1 aromatic carbocycles. The average Bonchev–Trinajstić information content (AvgIpc) is 3.31. The lowest BCUT2D eigenvalue weighted by atomic mass is 10.2. The van der Waals surface area contributed by atoms with Gasteiger partial charge in [0, 0.05) is 17.2 Å². The quantitative estimate of drug-likeness (QED) is 0.383. The molecule has 0 atom stereocenters. The number of benzene rings is 1. The van der Waals surface area contributed by atoms with E-state index in [2.05, 4.69) is 41.6 Å². The highest BCUT2D eigenvalue weighted by atomic mass is 32.2. The Morgan fingerprint density at radius 1 is 1.29 bits per heavy atom. The molecule has 1 saturated carbocycles. The topological polar surface area (TPSA) is 63.8 Å². The molecule has 0 aliphatic heterocycles. The van der Waals surface area contributed by atoms with Gasteiger partial charge in [-0.15, -0.1) is 11.8 Å². The number of nitrogen functional groups attached to an aromatic ring is 1. The Labute approximate surface area is 129 Å². The first-order valence-corrected chi connectivity index (χ1v) is 8.19. The van der Waals surface area contributed by atoms with Crippen LogP contribution in [0.3, 0.4) is 0 Å². The van der Waals surface area contributed by atoms with Crippen molar-refractivity contribution in [3.63, 3.8) is 0 Å². The second-order valence-electron chi connectivity index (χ2n) is 5.56. The van der Waals surface area contributed by atoms with E-state index in [0.717, 1.165) is 28.0 Å². The van der Waals surface area contributed by atoms with Gasteiger partial charge in [-0.1, -0.05) is 29.8 Å². The molecule has 1 aliphatic carbocycles. The first-order valence-electron chi connectivity index (χ1n) is 7.21. The van der Waals surface area contributed by atoms with E-state index < -0.39 is 0 Å². The molecule has 0 unspecified atom stereocenters.